The monoisotopic (exact) mass is 211 g/mol. The molecule has 0 radical (unpaired) electrons. The third-order valence-corrected chi connectivity index (χ3v) is 3.80. The maximum atomic E-state index is 11.4. The maximum Gasteiger partial charge on any atom is 0.225 e. The van der Waals surface area contributed by atoms with Crippen molar-refractivity contribution in [3.8, 4) is 5.88 Å². The smallest absolute Gasteiger partial charge is 0.225 e. The lowest BCUT2D eigenvalue weighted by Gasteiger charge is -2.09. The molecule has 2 rings (SSSR count). The van der Waals surface area contributed by atoms with Crippen LogP contribution >= 0.6 is 11.5 Å². The Labute approximate surface area is 87.3 Å². The Kier molecular flexibility index (Phi) is 2.54. The van der Waals surface area contributed by atoms with Crippen molar-refractivity contribution in [3.05, 3.63) is 10.9 Å². The summed E-state index contributed by atoms with van der Waals surface area (Å²) < 4.78 is 9.18. The summed E-state index contributed by atoms with van der Waals surface area (Å²) in [5.74, 6) is 1.56. The van der Waals surface area contributed by atoms with Crippen molar-refractivity contribution in [2.24, 2.45) is 5.92 Å². The third kappa shape index (κ3) is 1.54. The van der Waals surface area contributed by atoms with Crippen molar-refractivity contribution in [2.45, 2.75) is 25.7 Å². The highest BCUT2D eigenvalue weighted by Crippen LogP contribution is 2.39. The fourth-order valence-electron chi connectivity index (χ4n) is 1.93. The Morgan fingerprint density at radius 3 is 2.93 bits per heavy atom. The van der Waals surface area contributed by atoms with E-state index >= 15 is 0 Å². The van der Waals surface area contributed by atoms with Gasteiger partial charge in [0, 0.05) is 29.2 Å². The fourth-order valence-corrected chi connectivity index (χ4v) is 2.87. The average Bonchev–Trinajstić information content (AvgIpc) is 2.75. The predicted octanol–water partition coefficient (Wildman–Crippen LogP) is 2.23. The molecule has 3 nitrogen and oxygen atoms in total. The molecule has 4 heteroatoms. The van der Waals surface area contributed by atoms with Crippen LogP contribution in [0.3, 0.4) is 0 Å². The van der Waals surface area contributed by atoms with Gasteiger partial charge in [0.2, 0.25) is 5.88 Å². The van der Waals surface area contributed by atoms with E-state index in [4.69, 9.17) is 4.74 Å². The van der Waals surface area contributed by atoms with Gasteiger partial charge in [0.05, 0.1) is 7.11 Å². The van der Waals surface area contributed by atoms with Crippen LogP contribution < -0.4 is 4.74 Å². The largest absolute Gasteiger partial charge is 0.480 e. The minimum atomic E-state index is 0.153. The average molecular weight is 211 g/mol. The van der Waals surface area contributed by atoms with Crippen molar-refractivity contribution < 1.29 is 9.53 Å². The molecule has 1 heterocycles. The number of ketones is 1. The second-order valence-corrected chi connectivity index (χ2v) is 4.51. The number of nitrogens with zero attached hydrogens (tertiary/aromatic N) is 1. The molecular formula is C10H13NO2S. The lowest BCUT2D eigenvalue weighted by molar-refractivity contribution is -0.120. The molecule has 1 aromatic rings. The molecule has 0 bridgehead atoms. The van der Waals surface area contributed by atoms with Gasteiger partial charge in [0.1, 0.15) is 5.78 Å². The van der Waals surface area contributed by atoms with E-state index in [0.717, 1.165) is 6.42 Å². The molecule has 76 valence electrons. The Morgan fingerprint density at radius 2 is 2.43 bits per heavy atom. The Balaban J connectivity index is 2.19. The number of hydrogen-bond donors (Lipinski definition) is 0. The fraction of sp³-hybridized carbons (Fsp3) is 0.600. The van der Waals surface area contributed by atoms with Gasteiger partial charge in [-0.1, -0.05) is 6.92 Å². The molecule has 1 aromatic heterocycles. The summed E-state index contributed by atoms with van der Waals surface area (Å²) in [5.41, 5.74) is 0. The Morgan fingerprint density at radius 1 is 1.64 bits per heavy atom. The summed E-state index contributed by atoms with van der Waals surface area (Å²) in [6.07, 6.45) is 1.68. The highest BCUT2D eigenvalue weighted by Gasteiger charge is 2.33. The third-order valence-electron chi connectivity index (χ3n) is 2.89. The van der Waals surface area contributed by atoms with Gasteiger partial charge in [-0.05, 0) is 18.0 Å². The molecule has 0 aromatic carbocycles. The van der Waals surface area contributed by atoms with Crippen molar-refractivity contribution in [1.29, 1.82) is 0 Å². The number of carbonyl (C=O) groups is 1. The minimum Gasteiger partial charge on any atom is -0.480 e. The number of hydrogen-bond acceptors (Lipinski definition) is 4. The number of aromatic nitrogens is 1. The van der Waals surface area contributed by atoms with Gasteiger partial charge in [0.15, 0.2) is 0 Å². The Bertz CT molecular complexity index is 348. The van der Waals surface area contributed by atoms with E-state index in [-0.39, 0.29) is 5.92 Å². The molecule has 2 unspecified atom stereocenters. The minimum absolute atomic E-state index is 0.153. The van der Waals surface area contributed by atoms with Crippen LogP contribution in [0.2, 0.25) is 0 Å². The van der Waals surface area contributed by atoms with Gasteiger partial charge in [0.25, 0.3) is 0 Å². The van der Waals surface area contributed by atoms with Gasteiger partial charge < -0.3 is 4.74 Å². The summed E-state index contributed by atoms with van der Waals surface area (Å²) in [6.45, 7) is 2.01. The lowest BCUT2D eigenvalue weighted by Crippen LogP contribution is -2.07. The topological polar surface area (TPSA) is 39.2 Å². The van der Waals surface area contributed by atoms with E-state index in [2.05, 4.69) is 4.37 Å². The van der Waals surface area contributed by atoms with E-state index in [0.29, 0.717) is 24.0 Å². The van der Waals surface area contributed by atoms with E-state index in [1.807, 2.05) is 13.0 Å². The van der Waals surface area contributed by atoms with E-state index < -0.39 is 0 Å². The predicted molar refractivity (Wildman–Crippen MR) is 54.8 cm³/mol. The summed E-state index contributed by atoms with van der Waals surface area (Å²) in [6, 6.07) is 1.95. The molecule has 1 aliphatic rings. The van der Waals surface area contributed by atoms with Crippen LogP contribution in [0, 0.1) is 5.92 Å². The van der Waals surface area contributed by atoms with Gasteiger partial charge in [-0.3, -0.25) is 4.79 Å². The highest BCUT2D eigenvalue weighted by molar-refractivity contribution is 7.06. The zero-order chi connectivity index (χ0) is 10.1. The first-order valence-corrected chi connectivity index (χ1v) is 5.53. The summed E-state index contributed by atoms with van der Waals surface area (Å²) in [7, 11) is 1.61. The van der Waals surface area contributed by atoms with Crippen LogP contribution in [0.1, 0.15) is 30.6 Å². The first-order valence-electron chi connectivity index (χ1n) is 4.75. The van der Waals surface area contributed by atoms with Gasteiger partial charge in [-0.25, -0.2) is 0 Å². The molecule has 0 aliphatic heterocycles. The maximum absolute atomic E-state index is 11.4. The lowest BCUT2D eigenvalue weighted by atomic mass is 9.96. The van der Waals surface area contributed by atoms with E-state index in [9.17, 15) is 4.79 Å². The SMILES string of the molecule is COc1cc(C2CCC(=O)C2C)sn1. The van der Waals surface area contributed by atoms with Gasteiger partial charge >= 0.3 is 0 Å². The van der Waals surface area contributed by atoms with Crippen LogP contribution in [-0.4, -0.2) is 17.3 Å². The Hall–Kier alpha value is -0.900. The molecule has 14 heavy (non-hydrogen) atoms. The quantitative estimate of drug-likeness (QED) is 0.753. The zero-order valence-corrected chi connectivity index (χ0v) is 9.13. The van der Waals surface area contributed by atoms with E-state index in [1.54, 1.807) is 7.11 Å². The second kappa shape index (κ2) is 3.69. The molecular weight excluding hydrogens is 198 g/mol. The van der Waals surface area contributed by atoms with E-state index in [1.165, 1.54) is 16.4 Å². The molecule has 2 atom stereocenters. The first kappa shape index (κ1) is 9.65. The molecule has 0 amide bonds. The normalized spacial score (nSPS) is 26.9. The van der Waals surface area contributed by atoms with Crippen LogP contribution in [-0.2, 0) is 4.79 Å². The zero-order valence-electron chi connectivity index (χ0n) is 8.32. The van der Waals surface area contributed by atoms with Gasteiger partial charge in [-0.2, -0.15) is 4.37 Å². The van der Waals surface area contributed by atoms with Crippen molar-refractivity contribution in [3.63, 3.8) is 0 Å². The number of Topliss-reactive ketones (excluding diaryl/α,β-unsaturated/α-hetero) is 1. The van der Waals surface area contributed by atoms with Crippen molar-refractivity contribution >= 4 is 17.3 Å². The number of rotatable bonds is 2. The first-order chi connectivity index (χ1) is 6.72. The summed E-state index contributed by atoms with van der Waals surface area (Å²) >= 11 is 1.45. The molecule has 0 N–H and O–H groups in total. The summed E-state index contributed by atoms with van der Waals surface area (Å²) in [5, 5.41) is 0. The second-order valence-electron chi connectivity index (χ2n) is 3.67. The molecule has 0 saturated heterocycles. The number of carbonyl (C=O) groups excluding carboxylic acids is 1. The van der Waals surface area contributed by atoms with Crippen LogP contribution in [0.4, 0.5) is 0 Å². The van der Waals surface area contributed by atoms with Crippen molar-refractivity contribution in [2.75, 3.05) is 7.11 Å². The van der Waals surface area contributed by atoms with Gasteiger partial charge in [-0.15, -0.1) is 0 Å². The molecule has 0 spiro atoms. The standard InChI is InChI=1S/C10H13NO2S/c1-6-7(3-4-8(6)12)9-5-10(13-2)11-14-9/h5-7H,3-4H2,1-2H3. The van der Waals surface area contributed by atoms with Crippen molar-refractivity contribution in [1.82, 2.24) is 4.37 Å². The van der Waals surface area contributed by atoms with Crippen LogP contribution in [0.15, 0.2) is 6.07 Å². The number of ether oxygens (including phenoxy) is 1. The summed E-state index contributed by atoms with van der Waals surface area (Å²) in [4.78, 5) is 12.6. The van der Waals surface area contributed by atoms with Crippen LogP contribution in [0.25, 0.3) is 0 Å². The molecule has 1 saturated carbocycles. The molecule has 1 fully saturated rings. The number of methoxy groups -OCH3 is 1. The van der Waals surface area contributed by atoms with Crippen LogP contribution in [0.5, 0.6) is 5.88 Å². The highest BCUT2D eigenvalue weighted by atomic mass is 32.1. The molecule has 1 aliphatic carbocycles.